The van der Waals surface area contributed by atoms with Crippen molar-refractivity contribution in [3.05, 3.63) is 29.8 Å². The fraction of sp³-hybridized carbons (Fsp3) is 0.720. The summed E-state index contributed by atoms with van der Waals surface area (Å²) >= 11 is 0. The molecule has 1 N–H and O–H groups in total. The molecule has 0 bridgehead atoms. The van der Waals surface area contributed by atoms with Gasteiger partial charge in [-0.15, -0.1) is 0 Å². The number of hydrogen-bond acceptors (Lipinski definition) is 2. The van der Waals surface area contributed by atoms with Crippen molar-refractivity contribution >= 4 is 11.6 Å². The number of aliphatic hydroxyl groups excluding tert-OH is 1. The summed E-state index contributed by atoms with van der Waals surface area (Å²) in [5.41, 5.74) is 2.84. The lowest BCUT2D eigenvalue weighted by atomic mass is 9.39. The van der Waals surface area contributed by atoms with Crippen LogP contribution in [-0.4, -0.2) is 23.2 Å². The Morgan fingerprint density at radius 3 is 2.54 bits per heavy atom. The minimum Gasteiger partial charge on any atom is -0.393 e. The van der Waals surface area contributed by atoms with Gasteiger partial charge in [-0.1, -0.05) is 45.9 Å². The van der Waals surface area contributed by atoms with E-state index in [1.807, 2.05) is 0 Å². The zero-order valence-electron chi connectivity index (χ0n) is 18.0. The second-order valence-electron chi connectivity index (χ2n) is 11.1. The minimum absolute atomic E-state index is 0.0442. The van der Waals surface area contributed by atoms with Crippen LogP contribution < -0.4 is 4.90 Å². The molecular formula is C25H35NO2. The number of carbonyl (C=O) groups is 1. The third-order valence-corrected chi connectivity index (χ3v) is 10.1. The van der Waals surface area contributed by atoms with Crippen LogP contribution in [0.2, 0.25) is 0 Å². The molecule has 0 spiro atoms. The van der Waals surface area contributed by atoms with Gasteiger partial charge in [-0.3, -0.25) is 4.79 Å². The van der Waals surface area contributed by atoms with Gasteiger partial charge < -0.3 is 10.0 Å². The molecule has 4 aliphatic rings. The predicted molar refractivity (Wildman–Crippen MR) is 112 cm³/mol. The molecule has 1 heterocycles. The van der Waals surface area contributed by atoms with Crippen molar-refractivity contribution in [2.24, 2.45) is 28.1 Å². The Morgan fingerprint density at radius 2 is 1.82 bits per heavy atom. The van der Waals surface area contributed by atoms with Crippen LogP contribution in [0.3, 0.4) is 0 Å². The highest BCUT2D eigenvalue weighted by Crippen LogP contribution is 2.75. The number of nitrogens with zero attached hydrogens (tertiary/aromatic N) is 1. The highest BCUT2D eigenvalue weighted by Gasteiger charge is 2.70. The summed E-state index contributed by atoms with van der Waals surface area (Å²) in [6.45, 7) is 11.4. The number of fused-ring (bicyclic) bond motifs is 7. The van der Waals surface area contributed by atoms with Gasteiger partial charge in [0.2, 0.25) is 5.91 Å². The van der Waals surface area contributed by atoms with Gasteiger partial charge in [0.25, 0.3) is 0 Å². The first kappa shape index (κ1) is 18.7. The summed E-state index contributed by atoms with van der Waals surface area (Å²) in [5.74, 6) is 1.78. The van der Waals surface area contributed by atoms with E-state index in [4.69, 9.17) is 0 Å². The van der Waals surface area contributed by atoms with Gasteiger partial charge >= 0.3 is 0 Å². The van der Waals surface area contributed by atoms with E-state index in [1.165, 1.54) is 18.4 Å². The highest BCUT2D eigenvalue weighted by molar-refractivity contribution is 5.95. The van der Waals surface area contributed by atoms with Crippen molar-refractivity contribution in [3.63, 3.8) is 0 Å². The first-order chi connectivity index (χ1) is 13.1. The topological polar surface area (TPSA) is 40.5 Å². The minimum atomic E-state index is -0.201. The van der Waals surface area contributed by atoms with E-state index >= 15 is 0 Å². The molecule has 7 unspecified atom stereocenters. The van der Waals surface area contributed by atoms with E-state index < -0.39 is 0 Å². The molecule has 7 atom stereocenters. The van der Waals surface area contributed by atoms with Crippen LogP contribution in [0.15, 0.2) is 24.3 Å². The Bertz CT molecular complexity index is 832. The third-order valence-electron chi connectivity index (χ3n) is 10.1. The lowest BCUT2D eigenvalue weighted by molar-refractivity contribution is -0.184. The normalized spacial score (nSPS) is 45.8. The predicted octanol–water partition coefficient (Wildman–Crippen LogP) is 5.13. The number of para-hydroxylation sites is 1. The van der Waals surface area contributed by atoms with Crippen molar-refractivity contribution < 1.29 is 9.90 Å². The van der Waals surface area contributed by atoms with Gasteiger partial charge in [0.1, 0.15) is 0 Å². The van der Waals surface area contributed by atoms with Gasteiger partial charge in [0.05, 0.1) is 6.10 Å². The summed E-state index contributed by atoms with van der Waals surface area (Å²) in [6, 6.07) is 8.94. The van der Waals surface area contributed by atoms with E-state index in [0.717, 1.165) is 24.9 Å². The number of rotatable bonds is 0. The number of aliphatic hydroxyl groups is 1. The number of anilines is 1. The molecule has 3 fully saturated rings. The third kappa shape index (κ3) is 1.97. The van der Waals surface area contributed by atoms with Crippen molar-refractivity contribution in [3.8, 4) is 0 Å². The maximum Gasteiger partial charge on any atom is 0.224 e. The fourth-order valence-electron chi connectivity index (χ4n) is 8.64. The lowest BCUT2D eigenvalue weighted by Crippen LogP contribution is -2.60. The summed E-state index contributed by atoms with van der Waals surface area (Å²) in [4.78, 5) is 14.8. The fourth-order valence-corrected chi connectivity index (χ4v) is 8.64. The molecule has 1 aliphatic heterocycles. The first-order valence-electron chi connectivity index (χ1n) is 11.2. The van der Waals surface area contributed by atoms with Gasteiger partial charge in [0.15, 0.2) is 0 Å². The van der Waals surface area contributed by atoms with Crippen LogP contribution in [0.25, 0.3) is 0 Å². The second-order valence-corrected chi connectivity index (χ2v) is 11.1. The van der Waals surface area contributed by atoms with E-state index in [9.17, 15) is 9.90 Å². The molecule has 3 aliphatic carbocycles. The average molecular weight is 382 g/mol. The van der Waals surface area contributed by atoms with Gasteiger partial charge in [-0.05, 0) is 71.8 Å². The number of benzene rings is 1. The number of hydrogen-bond donors (Lipinski definition) is 1. The second kappa shape index (κ2) is 5.62. The van der Waals surface area contributed by atoms with Gasteiger partial charge in [-0.25, -0.2) is 0 Å². The monoisotopic (exact) mass is 381 g/mol. The van der Waals surface area contributed by atoms with E-state index in [1.54, 1.807) is 6.92 Å². The van der Waals surface area contributed by atoms with Crippen LogP contribution in [-0.2, 0) is 4.79 Å². The lowest BCUT2D eigenvalue weighted by Gasteiger charge is -2.65. The first-order valence-corrected chi connectivity index (χ1v) is 11.2. The number of amides is 1. The zero-order chi connectivity index (χ0) is 20.1. The summed E-state index contributed by atoms with van der Waals surface area (Å²) in [7, 11) is 0. The Labute approximate surface area is 169 Å². The summed E-state index contributed by atoms with van der Waals surface area (Å²) < 4.78 is 0. The van der Waals surface area contributed by atoms with E-state index in [0.29, 0.717) is 23.8 Å². The molecule has 152 valence electrons. The molecule has 3 saturated carbocycles. The van der Waals surface area contributed by atoms with Crippen LogP contribution in [0.4, 0.5) is 5.69 Å². The Morgan fingerprint density at radius 1 is 1.11 bits per heavy atom. The quantitative estimate of drug-likeness (QED) is 0.677. The molecule has 3 heteroatoms. The number of carbonyl (C=O) groups excluding carboxylic acids is 1. The molecule has 28 heavy (non-hydrogen) atoms. The van der Waals surface area contributed by atoms with Crippen LogP contribution >= 0.6 is 0 Å². The Balaban J connectivity index is 1.68. The molecule has 3 nitrogen and oxygen atoms in total. The molecule has 0 radical (unpaired) electrons. The van der Waals surface area contributed by atoms with Crippen molar-refractivity contribution in [1.29, 1.82) is 0 Å². The van der Waals surface area contributed by atoms with Crippen molar-refractivity contribution in [2.75, 3.05) is 4.90 Å². The molecular weight excluding hydrogens is 346 g/mol. The molecule has 1 amide bonds. The van der Waals surface area contributed by atoms with Crippen molar-refractivity contribution in [1.82, 2.24) is 0 Å². The van der Waals surface area contributed by atoms with Crippen LogP contribution in [0.5, 0.6) is 0 Å². The SMILES string of the molecule is CC(=O)N1c2ccccc2C2C1CC1CCC3C(C)(C)C(O)CCC3(C)C12C. The maximum atomic E-state index is 12.7. The van der Waals surface area contributed by atoms with Gasteiger partial charge in [0, 0.05) is 24.6 Å². The summed E-state index contributed by atoms with van der Waals surface area (Å²) in [6.07, 6.45) is 5.36. The molecule has 5 rings (SSSR count). The summed E-state index contributed by atoms with van der Waals surface area (Å²) in [5, 5.41) is 10.8. The Kier molecular flexibility index (Phi) is 3.75. The van der Waals surface area contributed by atoms with Crippen molar-refractivity contribution in [2.45, 2.75) is 84.8 Å². The molecule has 1 aromatic carbocycles. The average Bonchev–Trinajstić information content (AvgIpc) is 3.11. The van der Waals surface area contributed by atoms with E-state index in [2.05, 4.69) is 56.9 Å². The Hall–Kier alpha value is -1.35. The van der Waals surface area contributed by atoms with Gasteiger partial charge in [-0.2, -0.15) is 0 Å². The van der Waals surface area contributed by atoms with Crippen LogP contribution in [0, 0.1) is 28.1 Å². The molecule has 1 aromatic rings. The standard InChI is InChI=1S/C25H35NO2/c1-15(27)26-18-9-7-6-8-17(18)22-19(26)14-16-10-11-20-23(2,3)21(28)12-13-24(20,4)25(16,22)5/h6-9,16,19-22,28H,10-14H2,1-5H3. The van der Waals surface area contributed by atoms with E-state index in [-0.39, 0.29) is 28.3 Å². The largest absolute Gasteiger partial charge is 0.393 e. The molecule has 0 aromatic heterocycles. The van der Waals surface area contributed by atoms with Crippen LogP contribution in [0.1, 0.15) is 78.2 Å². The smallest absolute Gasteiger partial charge is 0.224 e. The maximum absolute atomic E-state index is 12.7. The zero-order valence-corrected chi connectivity index (χ0v) is 18.0. The molecule has 0 saturated heterocycles. The highest BCUT2D eigenvalue weighted by atomic mass is 16.3.